The van der Waals surface area contributed by atoms with Gasteiger partial charge in [-0.05, 0) is 89.3 Å². The van der Waals surface area contributed by atoms with E-state index in [1.807, 2.05) is 67.6 Å². The van der Waals surface area contributed by atoms with E-state index >= 15 is 0 Å². The average molecular weight is 642 g/mol. The second kappa shape index (κ2) is 10.7. The molecule has 0 radical (unpaired) electrons. The first-order valence-electron chi connectivity index (χ1n) is 11.4. The summed E-state index contributed by atoms with van der Waals surface area (Å²) in [4.78, 5) is 39.6. The number of nitrogens with one attached hydrogen (secondary N) is 1. The minimum absolute atomic E-state index is 0.288. The number of carbonyl (C=O) groups excluding carboxylic acids is 3. The number of hydrogen-bond donors (Lipinski definition) is 1. The van der Waals surface area contributed by atoms with Gasteiger partial charge < -0.3 is 9.88 Å². The van der Waals surface area contributed by atoms with E-state index < -0.39 is 17.1 Å². The first-order chi connectivity index (χ1) is 17.8. The summed E-state index contributed by atoms with van der Waals surface area (Å²) >= 11 is 9.45. The number of fused-ring (bicyclic) bond motifs is 1. The van der Waals surface area contributed by atoms with Gasteiger partial charge in [0.25, 0.3) is 11.1 Å². The van der Waals surface area contributed by atoms with Gasteiger partial charge in [0.05, 0.1) is 4.91 Å². The van der Waals surface area contributed by atoms with Gasteiger partial charge in [-0.15, -0.1) is 0 Å². The minimum Gasteiger partial charge on any atom is -0.340 e. The highest BCUT2D eigenvalue weighted by Gasteiger charge is 2.36. The Morgan fingerprint density at radius 3 is 2.49 bits per heavy atom. The number of nitrogens with zero attached hydrogens (tertiary/aromatic N) is 2. The van der Waals surface area contributed by atoms with Gasteiger partial charge in [0.2, 0.25) is 5.91 Å². The predicted molar refractivity (Wildman–Crippen MR) is 158 cm³/mol. The molecular formula is C28H21ClIN3O3S. The first-order valence-corrected chi connectivity index (χ1v) is 13.7. The zero-order chi connectivity index (χ0) is 26.1. The fourth-order valence-corrected chi connectivity index (χ4v) is 5.66. The number of rotatable bonds is 6. The number of hydrogen-bond acceptors (Lipinski definition) is 4. The van der Waals surface area contributed by atoms with Crippen molar-refractivity contribution in [2.45, 2.75) is 13.5 Å². The lowest BCUT2D eigenvalue weighted by Crippen LogP contribution is -2.36. The van der Waals surface area contributed by atoms with E-state index in [4.69, 9.17) is 11.6 Å². The van der Waals surface area contributed by atoms with Crippen molar-refractivity contribution in [1.82, 2.24) is 9.47 Å². The molecule has 37 heavy (non-hydrogen) atoms. The molecule has 6 nitrogen and oxygen atoms in total. The number of anilines is 1. The fraction of sp³-hybridized carbons (Fsp3) is 0.107. The van der Waals surface area contributed by atoms with Gasteiger partial charge in [-0.3, -0.25) is 19.3 Å². The van der Waals surface area contributed by atoms with E-state index in [-0.39, 0.29) is 11.4 Å². The van der Waals surface area contributed by atoms with Crippen LogP contribution in [0.2, 0.25) is 5.02 Å². The van der Waals surface area contributed by atoms with Crippen molar-refractivity contribution in [1.29, 1.82) is 0 Å². The molecule has 5 rings (SSSR count). The second-order valence-corrected chi connectivity index (χ2v) is 11.2. The van der Waals surface area contributed by atoms with Crippen LogP contribution in [0.4, 0.5) is 10.5 Å². The van der Waals surface area contributed by atoms with Gasteiger partial charge in [0, 0.05) is 43.0 Å². The van der Waals surface area contributed by atoms with Crippen LogP contribution in [0.5, 0.6) is 0 Å². The van der Waals surface area contributed by atoms with E-state index in [2.05, 4.69) is 32.5 Å². The Morgan fingerprint density at radius 2 is 1.73 bits per heavy atom. The molecular weight excluding hydrogens is 621 g/mol. The van der Waals surface area contributed by atoms with Crippen molar-refractivity contribution in [3.63, 3.8) is 0 Å². The molecule has 1 N–H and O–H groups in total. The molecule has 1 saturated heterocycles. The standard InChI is InChI=1S/C28H21ClIN3O3S/c1-17-22(21-7-3-5-9-24(21)32(17)15-18-6-2-4-8-23(18)29)14-25-27(35)33(28(36)37-25)16-26(34)31-20-12-10-19(30)11-13-20/h2-14H,15-16H2,1H3,(H,31,34)/b25-14-. The summed E-state index contributed by atoms with van der Waals surface area (Å²) in [5, 5.41) is 3.92. The summed E-state index contributed by atoms with van der Waals surface area (Å²) in [7, 11) is 0. The Labute approximate surface area is 236 Å². The molecule has 1 aliphatic heterocycles. The number of imide groups is 1. The van der Waals surface area contributed by atoms with Crippen molar-refractivity contribution in [3.05, 3.63) is 103 Å². The Kier molecular flexibility index (Phi) is 7.41. The van der Waals surface area contributed by atoms with Crippen molar-refractivity contribution in [3.8, 4) is 0 Å². The quantitative estimate of drug-likeness (QED) is 0.183. The summed E-state index contributed by atoms with van der Waals surface area (Å²) in [5.41, 5.74) is 4.40. The topological polar surface area (TPSA) is 71.4 Å². The Hall–Kier alpha value is -3.08. The fourth-order valence-electron chi connectivity index (χ4n) is 4.29. The number of benzene rings is 3. The van der Waals surface area contributed by atoms with Crippen LogP contribution in [-0.4, -0.2) is 33.1 Å². The molecule has 0 atom stereocenters. The lowest BCUT2D eigenvalue weighted by atomic mass is 10.1. The van der Waals surface area contributed by atoms with Crippen molar-refractivity contribution >= 4 is 85.7 Å². The number of amides is 3. The lowest BCUT2D eigenvalue weighted by Gasteiger charge is -2.12. The molecule has 3 amide bonds. The zero-order valence-corrected chi connectivity index (χ0v) is 23.4. The van der Waals surface area contributed by atoms with E-state index in [9.17, 15) is 14.4 Å². The molecule has 1 aliphatic rings. The third kappa shape index (κ3) is 5.32. The molecule has 0 saturated carbocycles. The van der Waals surface area contributed by atoms with Gasteiger partial charge in [0.1, 0.15) is 6.54 Å². The number of halogens is 2. The van der Waals surface area contributed by atoms with Crippen LogP contribution in [0.25, 0.3) is 17.0 Å². The van der Waals surface area contributed by atoms with Crippen LogP contribution in [0.3, 0.4) is 0 Å². The lowest BCUT2D eigenvalue weighted by molar-refractivity contribution is -0.127. The highest BCUT2D eigenvalue weighted by molar-refractivity contribution is 14.1. The van der Waals surface area contributed by atoms with Crippen LogP contribution < -0.4 is 5.32 Å². The average Bonchev–Trinajstić information content (AvgIpc) is 3.30. The van der Waals surface area contributed by atoms with Gasteiger partial charge in [0.15, 0.2) is 0 Å². The number of aromatic nitrogens is 1. The third-order valence-corrected chi connectivity index (χ3v) is 8.14. The van der Waals surface area contributed by atoms with Gasteiger partial charge >= 0.3 is 0 Å². The van der Waals surface area contributed by atoms with Crippen LogP contribution >= 0.6 is 46.0 Å². The summed E-state index contributed by atoms with van der Waals surface area (Å²) in [6, 6.07) is 22.9. The normalized spacial score (nSPS) is 14.7. The van der Waals surface area contributed by atoms with Gasteiger partial charge in [-0.2, -0.15) is 0 Å². The van der Waals surface area contributed by atoms with Crippen LogP contribution in [0, 0.1) is 10.5 Å². The highest BCUT2D eigenvalue weighted by Crippen LogP contribution is 2.36. The van der Waals surface area contributed by atoms with Crippen molar-refractivity contribution < 1.29 is 14.4 Å². The van der Waals surface area contributed by atoms with Crippen molar-refractivity contribution in [2.24, 2.45) is 0 Å². The van der Waals surface area contributed by atoms with E-state index in [1.165, 1.54) is 0 Å². The smallest absolute Gasteiger partial charge is 0.294 e. The SMILES string of the molecule is Cc1c(/C=C2\SC(=O)N(CC(=O)Nc3ccc(I)cc3)C2=O)c2ccccc2n1Cc1ccccc1Cl. The van der Waals surface area contributed by atoms with E-state index in [1.54, 1.807) is 18.2 Å². The molecule has 0 spiro atoms. The van der Waals surface area contributed by atoms with Crippen LogP contribution in [0.15, 0.2) is 77.7 Å². The van der Waals surface area contributed by atoms with E-state index in [0.717, 1.165) is 48.0 Å². The number of para-hydroxylation sites is 1. The Morgan fingerprint density at radius 1 is 1.03 bits per heavy atom. The van der Waals surface area contributed by atoms with Crippen LogP contribution in [0.1, 0.15) is 16.8 Å². The van der Waals surface area contributed by atoms with Crippen LogP contribution in [-0.2, 0) is 16.1 Å². The molecule has 1 aromatic heterocycles. The van der Waals surface area contributed by atoms with Gasteiger partial charge in [-0.1, -0.05) is 48.0 Å². The maximum absolute atomic E-state index is 13.2. The molecule has 0 unspecified atom stereocenters. The summed E-state index contributed by atoms with van der Waals surface area (Å²) in [5.74, 6) is -0.910. The minimum atomic E-state index is -0.477. The number of thioether (sulfide) groups is 1. The predicted octanol–water partition coefficient (Wildman–Crippen LogP) is 6.93. The molecule has 186 valence electrons. The molecule has 0 bridgehead atoms. The summed E-state index contributed by atoms with van der Waals surface area (Å²) in [6.45, 7) is 2.21. The zero-order valence-electron chi connectivity index (χ0n) is 19.7. The van der Waals surface area contributed by atoms with Gasteiger partial charge in [-0.25, -0.2) is 0 Å². The van der Waals surface area contributed by atoms with E-state index in [0.29, 0.717) is 17.3 Å². The highest BCUT2D eigenvalue weighted by atomic mass is 127. The molecule has 0 aliphatic carbocycles. The monoisotopic (exact) mass is 641 g/mol. The largest absolute Gasteiger partial charge is 0.340 e. The molecule has 2 heterocycles. The summed E-state index contributed by atoms with van der Waals surface area (Å²) < 4.78 is 3.19. The molecule has 4 aromatic rings. The molecule has 9 heteroatoms. The summed E-state index contributed by atoms with van der Waals surface area (Å²) in [6.07, 6.45) is 1.75. The molecule has 1 fully saturated rings. The second-order valence-electron chi connectivity index (χ2n) is 8.52. The Bertz CT molecular complexity index is 1580. The number of carbonyl (C=O) groups is 3. The maximum atomic E-state index is 13.2. The maximum Gasteiger partial charge on any atom is 0.294 e. The first kappa shape index (κ1) is 25.6. The third-order valence-electron chi connectivity index (χ3n) is 6.14. The Balaban J connectivity index is 1.42. The molecule has 3 aromatic carbocycles. The van der Waals surface area contributed by atoms with Crippen molar-refractivity contribution in [2.75, 3.05) is 11.9 Å².